The van der Waals surface area contributed by atoms with Crippen LogP contribution >= 0.6 is 28.1 Å². The molecule has 0 aliphatic rings. The van der Waals surface area contributed by atoms with Crippen LogP contribution in [0.3, 0.4) is 0 Å². The Bertz CT molecular complexity index is 1040. The van der Waals surface area contributed by atoms with Gasteiger partial charge in [0.05, 0.1) is 12.2 Å². The van der Waals surface area contributed by atoms with Gasteiger partial charge in [0.2, 0.25) is 0 Å². The quantitative estimate of drug-likeness (QED) is 0.423. The van der Waals surface area contributed by atoms with Gasteiger partial charge in [-0.3, -0.25) is 10.1 Å². The van der Waals surface area contributed by atoms with E-state index in [4.69, 9.17) is 17.0 Å². The number of fused-ring (bicyclic) bond motifs is 1. The molecule has 0 atom stereocenters. The Balaban J connectivity index is 1.68. The van der Waals surface area contributed by atoms with Gasteiger partial charge in [0.25, 0.3) is 5.91 Å². The van der Waals surface area contributed by atoms with Gasteiger partial charge in [0, 0.05) is 10.2 Å². The fourth-order valence-corrected chi connectivity index (χ4v) is 3.38. The molecule has 0 aliphatic heterocycles. The highest BCUT2D eigenvalue weighted by Gasteiger charge is 2.15. The van der Waals surface area contributed by atoms with Crippen LogP contribution < -0.4 is 15.4 Å². The van der Waals surface area contributed by atoms with Crippen LogP contribution in [0.15, 0.2) is 65.1 Å². The minimum absolute atomic E-state index is 0.235. The van der Waals surface area contributed by atoms with Crippen molar-refractivity contribution >= 4 is 55.6 Å². The molecular formula is C23H23BrN2O2S. The largest absolute Gasteiger partial charge is 0.493 e. The van der Waals surface area contributed by atoms with Gasteiger partial charge in [0.15, 0.2) is 5.11 Å². The highest BCUT2D eigenvalue weighted by atomic mass is 79.9. The maximum absolute atomic E-state index is 12.8. The summed E-state index contributed by atoms with van der Waals surface area (Å²) in [5.41, 5.74) is 1.25. The van der Waals surface area contributed by atoms with Crippen molar-refractivity contribution in [1.82, 2.24) is 5.32 Å². The molecule has 0 aliphatic carbocycles. The molecule has 0 spiro atoms. The summed E-state index contributed by atoms with van der Waals surface area (Å²) in [7, 11) is 0. The topological polar surface area (TPSA) is 50.4 Å². The molecular weight excluding hydrogens is 448 g/mol. The van der Waals surface area contributed by atoms with Gasteiger partial charge < -0.3 is 10.1 Å². The number of ether oxygens (including phenoxy) is 1. The lowest BCUT2D eigenvalue weighted by Crippen LogP contribution is -2.34. The number of nitrogens with one attached hydrogen (secondary N) is 2. The minimum atomic E-state index is -0.316. The molecule has 0 aromatic heterocycles. The van der Waals surface area contributed by atoms with E-state index in [1.165, 1.54) is 0 Å². The van der Waals surface area contributed by atoms with Crippen LogP contribution in [0.5, 0.6) is 5.75 Å². The van der Waals surface area contributed by atoms with Crippen molar-refractivity contribution in [3.05, 3.63) is 70.7 Å². The van der Waals surface area contributed by atoms with Crippen molar-refractivity contribution < 1.29 is 9.53 Å². The molecule has 1 amide bonds. The SMILES string of the molecule is CC(C)CCOc1ccc(Br)cc1C(=O)NC(=S)Nc1ccc2ccccc2c1. The van der Waals surface area contributed by atoms with Crippen LogP contribution in [0.2, 0.25) is 0 Å². The van der Waals surface area contributed by atoms with Crippen LogP contribution in [0.25, 0.3) is 10.8 Å². The summed E-state index contributed by atoms with van der Waals surface area (Å²) >= 11 is 8.75. The maximum atomic E-state index is 12.8. The zero-order valence-corrected chi connectivity index (χ0v) is 18.8. The van der Waals surface area contributed by atoms with E-state index in [1.54, 1.807) is 12.1 Å². The normalized spacial score (nSPS) is 10.8. The van der Waals surface area contributed by atoms with Crippen molar-refractivity contribution in [3.63, 3.8) is 0 Å². The van der Waals surface area contributed by atoms with E-state index in [0.717, 1.165) is 27.4 Å². The van der Waals surface area contributed by atoms with E-state index in [0.29, 0.717) is 23.8 Å². The monoisotopic (exact) mass is 470 g/mol. The molecule has 0 heterocycles. The third kappa shape index (κ3) is 6.02. The first kappa shape index (κ1) is 21.3. The van der Waals surface area contributed by atoms with E-state index in [2.05, 4.69) is 40.4 Å². The van der Waals surface area contributed by atoms with Crippen molar-refractivity contribution in [2.75, 3.05) is 11.9 Å². The van der Waals surface area contributed by atoms with Gasteiger partial charge >= 0.3 is 0 Å². The Morgan fingerprint density at radius 1 is 1.07 bits per heavy atom. The fraction of sp³-hybridized carbons (Fsp3) is 0.217. The number of anilines is 1. The second-order valence-corrected chi connectivity index (χ2v) is 8.47. The van der Waals surface area contributed by atoms with E-state index in [1.807, 2.05) is 48.5 Å². The van der Waals surface area contributed by atoms with Crippen molar-refractivity contribution in [2.24, 2.45) is 5.92 Å². The number of rotatable bonds is 6. The second-order valence-electron chi connectivity index (χ2n) is 7.14. The Morgan fingerprint density at radius 2 is 1.83 bits per heavy atom. The first-order chi connectivity index (χ1) is 13.9. The lowest BCUT2D eigenvalue weighted by atomic mass is 10.1. The first-order valence-corrected chi connectivity index (χ1v) is 10.7. The summed E-state index contributed by atoms with van der Waals surface area (Å²) in [6.07, 6.45) is 0.916. The smallest absolute Gasteiger partial charge is 0.261 e. The van der Waals surface area contributed by atoms with Crippen LogP contribution in [-0.2, 0) is 0 Å². The molecule has 0 saturated heterocycles. The third-order valence-corrected chi connectivity index (χ3v) is 5.07. The highest BCUT2D eigenvalue weighted by Crippen LogP contribution is 2.24. The fourth-order valence-electron chi connectivity index (χ4n) is 2.81. The average molecular weight is 471 g/mol. The molecule has 3 aromatic carbocycles. The van der Waals surface area contributed by atoms with Crippen molar-refractivity contribution in [1.29, 1.82) is 0 Å². The zero-order chi connectivity index (χ0) is 20.8. The zero-order valence-electron chi connectivity index (χ0n) is 16.4. The van der Waals surface area contributed by atoms with Gasteiger partial charge in [0.1, 0.15) is 5.75 Å². The van der Waals surface area contributed by atoms with E-state index >= 15 is 0 Å². The van der Waals surface area contributed by atoms with Crippen molar-refractivity contribution in [2.45, 2.75) is 20.3 Å². The van der Waals surface area contributed by atoms with E-state index in [-0.39, 0.29) is 11.0 Å². The van der Waals surface area contributed by atoms with Crippen LogP contribution in [0.4, 0.5) is 5.69 Å². The van der Waals surface area contributed by atoms with Gasteiger partial charge in [-0.25, -0.2) is 0 Å². The maximum Gasteiger partial charge on any atom is 0.261 e. The number of carbonyl (C=O) groups is 1. The summed E-state index contributed by atoms with van der Waals surface area (Å²) in [6, 6.07) is 19.4. The number of hydrogen-bond acceptors (Lipinski definition) is 3. The summed E-state index contributed by atoms with van der Waals surface area (Å²) in [5.74, 6) is 0.755. The van der Waals surface area contributed by atoms with Crippen LogP contribution in [0, 0.1) is 5.92 Å². The summed E-state index contributed by atoms with van der Waals surface area (Å²) in [6.45, 7) is 4.82. The summed E-state index contributed by atoms with van der Waals surface area (Å²) in [5, 5.41) is 8.29. The molecule has 0 saturated carbocycles. The summed E-state index contributed by atoms with van der Waals surface area (Å²) in [4.78, 5) is 12.8. The number of halogens is 1. The predicted molar refractivity (Wildman–Crippen MR) is 127 cm³/mol. The molecule has 6 heteroatoms. The lowest BCUT2D eigenvalue weighted by Gasteiger charge is -2.14. The number of hydrogen-bond donors (Lipinski definition) is 2. The number of amides is 1. The van der Waals surface area contributed by atoms with E-state index in [9.17, 15) is 4.79 Å². The number of thiocarbonyl (C=S) groups is 1. The molecule has 3 aromatic rings. The van der Waals surface area contributed by atoms with Gasteiger partial charge in [-0.2, -0.15) is 0 Å². The molecule has 29 heavy (non-hydrogen) atoms. The Hall–Kier alpha value is -2.44. The molecule has 0 unspecified atom stereocenters. The number of carbonyl (C=O) groups excluding carboxylic acids is 1. The Morgan fingerprint density at radius 3 is 2.59 bits per heavy atom. The van der Waals surface area contributed by atoms with Crippen LogP contribution in [0.1, 0.15) is 30.6 Å². The minimum Gasteiger partial charge on any atom is -0.493 e. The van der Waals surface area contributed by atoms with Gasteiger partial charge in [-0.05, 0) is 65.7 Å². The second kappa shape index (κ2) is 9.85. The molecule has 2 N–H and O–H groups in total. The van der Waals surface area contributed by atoms with Gasteiger partial charge in [-0.1, -0.05) is 60.1 Å². The molecule has 150 valence electrons. The summed E-state index contributed by atoms with van der Waals surface area (Å²) < 4.78 is 6.63. The van der Waals surface area contributed by atoms with Crippen LogP contribution in [-0.4, -0.2) is 17.6 Å². The van der Waals surface area contributed by atoms with Gasteiger partial charge in [-0.15, -0.1) is 0 Å². The lowest BCUT2D eigenvalue weighted by molar-refractivity contribution is 0.0973. The molecule has 0 radical (unpaired) electrons. The third-order valence-electron chi connectivity index (χ3n) is 4.37. The highest BCUT2D eigenvalue weighted by molar-refractivity contribution is 9.10. The molecule has 3 rings (SSSR count). The Kier molecular flexibility index (Phi) is 7.23. The predicted octanol–water partition coefficient (Wildman–Crippen LogP) is 6.15. The average Bonchev–Trinajstić information content (AvgIpc) is 2.68. The Labute approximate surface area is 184 Å². The molecule has 0 fully saturated rings. The van der Waals surface area contributed by atoms with Crippen molar-refractivity contribution in [3.8, 4) is 5.75 Å². The molecule has 4 nitrogen and oxygen atoms in total. The standard InChI is InChI=1S/C23H23BrN2O2S/c1-15(2)11-12-28-21-10-8-18(24)14-20(21)22(27)26-23(29)25-19-9-7-16-5-3-4-6-17(16)13-19/h3-10,13-15H,11-12H2,1-2H3,(H2,25,26,27,29). The first-order valence-electron chi connectivity index (χ1n) is 9.46. The van der Waals surface area contributed by atoms with E-state index < -0.39 is 0 Å². The molecule has 0 bridgehead atoms. The number of benzene rings is 3.